The second-order valence-electron chi connectivity index (χ2n) is 4.33. The van der Waals surface area contributed by atoms with E-state index in [0.29, 0.717) is 0 Å². The summed E-state index contributed by atoms with van der Waals surface area (Å²) in [5.74, 6) is 1.83. The van der Waals surface area contributed by atoms with Crippen molar-refractivity contribution in [3.63, 3.8) is 0 Å². The van der Waals surface area contributed by atoms with Gasteiger partial charge in [-0.2, -0.15) is 0 Å². The normalized spacial score (nSPS) is 15.8. The number of aliphatic hydroxyl groups is 1. The summed E-state index contributed by atoms with van der Waals surface area (Å²) in [6.07, 6.45) is 2.34. The van der Waals surface area contributed by atoms with Crippen LogP contribution >= 0.6 is 0 Å². The Balaban J connectivity index is 2.04. The van der Waals surface area contributed by atoms with Crippen LogP contribution in [0.4, 0.5) is 11.6 Å². The molecule has 0 unspecified atom stereocenters. The molecule has 1 N–H and O–H groups in total. The average Bonchev–Trinajstić information content (AvgIpc) is 2.46. The van der Waals surface area contributed by atoms with Gasteiger partial charge in [-0.05, 0) is 6.42 Å². The fourth-order valence-corrected chi connectivity index (χ4v) is 1.93. The fourth-order valence-electron chi connectivity index (χ4n) is 1.93. The van der Waals surface area contributed by atoms with Crippen molar-refractivity contribution in [2.75, 3.05) is 56.3 Å². The molecule has 0 spiro atoms. The lowest BCUT2D eigenvalue weighted by atomic mass is 10.3. The number of aliphatic hydroxyl groups excluding tert-OH is 1. The summed E-state index contributed by atoms with van der Waals surface area (Å²) in [5.41, 5.74) is 0. The van der Waals surface area contributed by atoms with Gasteiger partial charge in [0, 0.05) is 39.4 Å². The van der Waals surface area contributed by atoms with Gasteiger partial charge in [-0.15, -0.1) is 0 Å². The number of hydrogen-bond donors (Lipinski definition) is 1. The zero-order valence-corrected chi connectivity index (χ0v) is 10.7. The molecule has 1 aliphatic heterocycles. The van der Waals surface area contributed by atoms with Crippen LogP contribution in [-0.4, -0.2) is 61.6 Å². The van der Waals surface area contributed by atoms with Crippen LogP contribution in [0.3, 0.4) is 0 Å². The Kier molecular flexibility index (Phi) is 4.72. The van der Waals surface area contributed by atoms with Crippen molar-refractivity contribution < 1.29 is 9.84 Å². The molecule has 1 saturated heterocycles. The molecule has 1 fully saturated rings. The van der Waals surface area contributed by atoms with Gasteiger partial charge in [-0.3, -0.25) is 0 Å². The van der Waals surface area contributed by atoms with E-state index in [1.165, 1.54) is 0 Å². The third-order valence-electron chi connectivity index (χ3n) is 3.02. The van der Waals surface area contributed by atoms with Crippen LogP contribution in [0.15, 0.2) is 12.4 Å². The maximum atomic E-state index is 8.84. The van der Waals surface area contributed by atoms with Crippen molar-refractivity contribution in [3.8, 4) is 0 Å². The minimum Gasteiger partial charge on any atom is -0.396 e. The first-order valence-corrected chi connectivity index (χ1v) is 6.28. The molecule has 0 bridgehead atoms. The van der Waals surface area contributed by atoms with Crippen molar-refractivity contribution in [3.05, 3.63) is 12.4 Å². The molecular weight excluding hydrogens is 232 g/mol. The lowest BCUT2D eigenvalue weighted by Crippen LogP contribution is -2.37. The zero-order chi connectivity index (χ0) is 12.8. The maximum absolute atomic E-state index is 8.84. The lowest BCUT2D eigenvalue weighted by Gasteiger charge is -2.28. The summed E-state index contributed by atoms with van der Waals surface area (Å²) in [7, 11) is 1.97. The van der Waals surface area contributed by atoms with Gasteiger partial charge in [0.2, 0.25) is 0 Å². The summed E-state index contributed by atoms with van der Waals surface area (Å²) in [4.78, 5) is 12.8. The van der Waals surface area contributed by atoms with E-state index in [-0.39, 0.29) is 6.61 Å². The lowest BCUT2D eigenvalue weighted by molar-refractivity contribution is 0.122. The summed E-state index contributed by atoms with van der Waals surface area (Å²) < 4.78 is 5.33. The Morgan fingerprint density at radius 1 is 1.39 bits per heavy atom. The number of anilines is 2. The number of ether oxygens (including phenoxy) is 1. The molecule has 0 amide bonds. The van der Waals surface area contributed by atoms with Crippen LogP contribution in [0.25, 0.3) is 0 Å². The Labute approximate surface area is 107 Å². The molecule has 2 heterocycles. The molecular formula is C12H20N4O2. The van der Waals surface area contributed by atoms with Gasteiger partial charge in [0.25, 0.3) is 0 Å². The Morgan fingerprint density at radius 2 is 2.17 bits per heavy atom. The van der Waals surface area contributed by atoms with Crippen LogP contribution in [-0.2, 0) is 4.74 Å². The predicted octanol–water partition coefficient (Wildman–Crippen LogP) is 0.132. The largest absolute Gasteiger partial charge is 0.396 e. The quantitative estimate of drug-likeness (QED) is 0.804. The minimum atomic E-state index is 0.200. The molecule has 2 rings (SSSR count). The van der Waals surface area contributed by atoms with E-state index in [2.05, 4.69) is 14.9 Å². The molecule has 1 aromatic heterocycles. The molecule has 100 valence electrons. The average molecular weight is 252 g/mol. The highest BCUT2D eigenvalue weighted by Crippen LogP contribution is 2.17. The predicted molar refractivity (Wildman–Crippen MR) is 70.0 cm³/mol. The second kappa shape index (κ2) is 6.51. The monoisotopic (exact) mass is 252 g/mol. The van der Waals surface area contributed by atoms with Crippen LogP contribution in [0, 0.1) is 0 Å². The van der Waals surface area contributed by atoms with Gasteiger partial charge >= 0.3 is 0 Å². The second-order valence-corrected chi connectivity index (χ2v) is 4.33. The van der Waals surface area contributed by atoms with Crippen molar-refractivity contribution in [2.45, 2.75) is 6.42 Å². The molecule has 1 aliphatic rings. The number of rotatable bonds is 5. The van der Waals surface area contributed by atoms with E-state index < -0.39 is 0 Å². The van der Waals surface area contributed by atoms with Crippen LogP contribution in [0.5, 0.6) is 0 Å². The highest BCUT2D eigenvalue weighted by atomic mass is 16.5. The summed E-state index contributed by atoms with van der Waals surface area (Å²) in [6.45, 7) is 4.23. The molecule has 6 nitrogen and oxygen atoms in total. The molecule has 18 heavy (non-hydrogen) atoms. The molecule has 0 aromatic carbocycles. The van der Waals surface area contributed by atoms with Crippen LogP contribution < -0.4 is 9.80 Å². The zero-order valence-electron chi connectivity index (χ0n) is 10.7. The summed E-state index contributed by atoms with van der Waals surface area (Å²) in [6, 6.07) is 1.99. The third-order valence-corrected chi connectivity index (χ3v) is 3.02. The highest BCUT2D eigenvalue weighted by Gasteiger charge is 2.13. The first kappa shape index (κ1) is 13.0. The highest BCUT2D eigenvalue weighted by molar-refractivity contribution is 5.49. The number of nitrogens with zero attached hydrogens (tertiary/aromatic N) is 4. The molecule has 0 aliphatic carbocycles. The van der Waals surface area contributed by atoms with E-state index in [1.54, 1.807) is 6.33 Å². The standard InChI is InChI=1S/C12H20N4O2/c1-15(3-2-6-17)11-9-12(14-10-13-11)16-4-7-18-8-5-16/h9-10,17H,2-8H2,1H3. The molecule has 0 saturated carbocycles. The minimum absolute atomic E-state index is 0.200. The van der Waals surface area contributed by atoms with Gasteiger partial charge in [0.05, 0.1) is 13.2 Å². The van der Waals surface area contributed by atoms with Gasteiger partial charge in [-0.1, -0.05) is 0 Å². The van der Waals surface area contributed by atoms with Crippen molar-refractivity contribution in [2.24, 2.45) is 0 Å². The van der Waals surface area contributed by atoms with Crippen molar-refractivity contribution in [1.82, 2.24) is 9.97 Å². The fraction of sp³-hybridized carbons (Fsp3) is 0.667. The first-order valence-electron chi connectivity index (χ1n) is 6.28. The topological polar surface area (TPSA) is 61.7 Å². The molecule has 6 heteroatoms. The SMILES string of the molecule is CN(CCCO)c1cc(N2CCOCC2)ncn1. The van der Waals surface area contributed by atoms with E-state index in [4.69, 9.17) is 9.84 Å². The summed E-state index contributed by atoms with van der Waals surface area (Å²) >= 11 is 0. The number of morpholine rings is 1. The Morgan fingerprint density at radius 3 is 2.89 bits per heavy atom. The van der Waals surface area contributed by atoms with E-state index in [9.17, 15) is 0 Å². The van der Waals surface area contributed by atoms with E-state index in [0.717, 1.165) is 50.9 Å². The Hall–Kier alpha value is -1.40. The van der Waals surface area contributed by atoms with Gasteiger partial charge in [0.1, 0.15) is 18.0 Å². The third kappa shape index (κ3) is 3.30. The Bertz CT molecular complexity index is 369. The molecule has 1 aromatic rings. The van der Waals surface area contributed by atoms with Gasteiger partial charge in [-0.25, -0.2) is 9.97 Å². The number of hydrogen-bond acceptors (Lipinski definition) is 6. The van der Waals surface area contributed by atoms with Gasteiger partial charge < -0.3 is 19.6 Å². The first-order chi connectivity index (χ1) is 8.81. The molecule has 0 radical (unpaired) electrons. The van der Waals surface area contributed by atoms with Gasteiger partial charge in [0.15, 0.2) is 0 Å². The molecule has 0 atom stereocenters. The smallest absolute Gasteiger partial charge is 0.134 e. The van der Waals surface area contributed by atoms with E-state index in [1.807, 2.05) is 18.0 Å². The summed E-state index contributed by atoms with van der Waals surface area (Å²) in [5, 5.41) is 8.84. The van der Waals surface area contributed by atoms with Crippen LogP contribution in [0.1, 0.15) is 6.42 Å². The van der Waals surface area contributed by atoms with E-state index >= 15 is 0 Å². The van der Waals surface area contributed by atoms with Crippen molar-refractivity contribution in [1.29, 1.82) is 0 Å². The maximum Gasteiger partial charge on any atom is 0.134 e. The number of aromatic nitrogens is 2. The van der Waals surface area contributed by atoms with Crippen molar-refractivity contribution >= 4 is 11.6 Å². The van der Waals surface area contributed by atoms with Crippen LogP contribution in [0.2, 0.25) is 0 Å².